The topological polar surface area (TPSA) is 69.6 Å². The van der Waals surface area contributed by atoms with Crippen LogP contribution >= 0.6 is 11.8 Å². The molecule has 0 bridgehead atoms. The first-order chi connectivity index (χ1) is 8.74. The molecule has 90 valence electrons. The summed E-state index contributed by atoms with van der Waals surface area (Å²) in [6.45, 7) is 0. The molecule has 2 aromatic heterocycles. The number of hydrogen-bond acceptors (Lipinski definition) is 5. The number of nitrogens with two attached hydrogens (primary N) is 1. The summed E-state index contributed by atoms with van der Waals surface area (Å²) >= 11 is 1.46. The monoisotopic (exact) mass is 257 g/mol. The van der Waals surface area contributed by atoms with Crippen molar-refractivity contribution in [2.75, 3.05) is 5.73 Å². The highest BCUT2D eigenvalue weighted by atomic mass is 32.2. The Morgan fingerprint density at radius 3 is 2.78 bits per heavy atom. The van der Waals surface area contributed by atoms with E-state index in [1.165, 1.54) is 11.8 Å². The fourth-order valence-corrected chi connectivity index (χ4v) is 2.62. The first-order valence-corrected chi connectivity index (χ1v) is 6.22. The summed E-state index contributed by atoms with van der Waals surface area (Å²) in [5.41, 5.74) is 7.46. The zero-order valence-electron chi connectivity index (χ0n) is 9.74. The predicted octanol–water partition coefficient (Wildman–Crippen LogP) is 2.10. The van der Waals surface area contributed by atoms with Gasteiger partial charge in [0.25, 0.3) is 0 Å². The molecule has 0 unspecified atom stereocenters. The normalized spacial score (nSPS) is 10.9. The molecular weight excluding hydrogens is 246 g/mol. The number of para-hydroxylation sites is 1. The molecule has 0 radical (unpaired) electrons. The SMILES string of the molecule is Cn1cc(N)c(Sc2ncnc3ccccc23)n1. The maximum absolute atomic E-state index is 5.89. The molecule has 1 aromatic carbocycles. The molecule has 18 heavy (non-hydrogen) atoms. The number of benzene rings is 1. The van der Waals surface area contributed by atoms with E-state index in [0.717, 1.165) is 21.0 Å². The van der Waals surface area contributed by atoms with Crippen LogP contribution in [0.3, 0.4) is 0 Å². The van der Waals surface area contributed by atoms with Gasteiger partial charge in [-0.15, -0.1) is 0 Å². The largest absolute Gasteiger partial charge is 0.395 e. The molecule has 0 aliphatic carbocycles. The number of rotatable bonds is 2. The molecule has 3 aromatic rings. The van der Waals surface area contributed by atoms with E-state index in [9.17, 15) is 0 Å². The van der Waals surface area contributed by atoms with Crippen LogP contribution < -0.4 is 5.73 Å². The smallest absolute Gasteiger partial charge is 0.147 e. The molecule has 2 heterocycles. The van der Waals surface area contributed by atoms with Crippen LogP contribution in [0.2, 0.25) is 0 Å². The van der Waals surface area contributed by atoms with Crippen molar-refractivity contribution in [3.05, 3.63) is 36.8 Å². The first kappa shape index (κ1) is 11.0. The Morgan fingerprint density at radius 2 is 2.00 bits per heavy atom. The van der Waals surface area contributed by atoms with Gasteiger partial charge < -0.3 is 5.73 Å². The third-order valence-corrected chi connectivity index (χ3v) is 3.55. The lowest BCUT2D eigenvalue weighted by Crippen LogP contribution is -1.89. The number of aryl methyl sites for hydroxylation is 1. The second-order valence-corrected chi connectivity index (χ2v) is 4.84. The maximum Gasteiger partial charge on any atom is 0.147 e. The van der Waals surface area contributed by atoms with E-state index >= 15 is 0 Å². The molecule has 0 saturated heterocycles. The zero-order chi connectivity index (χ0) is 12.5. The van der Waals surface area contributed by atoms with Crippen LogP contribution in [-0.4, -0.2) is 19.7 Å². The van der Waals surface area contributed by atoms with Crippen LogP contribution in [-0.2, 0) is 7.05 Å². The minimum absolute atomic E-state index is 0.658. The van der Waals surface area contributed by atoms with Crippen molar-refractivity contribution in [3.8, 4) is 0 Å². The maximum atomic E-state index is 5.89. The van der Waals surface area contributed by atoms with Crippen LogP contribution in [0.1, 0.15) is 0 Å². The lowest BCUT2D eigenvalue weighted by Gasteiger charge is -2.02. The Balaban J connectivity index is 2.07. The van der Waals surface area contributed by atoms with E-state index in [2.05, 4.69) is 15.1 Å². The summed E-state index contributed by atoms with van der Waals surface area (Å²) in [7, 11) is 1.85. The standard InChI is InChI=1S/C12H11N5S/c1-17-6-9(13)12(16-17)18-11-8-4-2-3-5-10(8)14-7-15-11/h2-7H,13H2,1H3. The van der Waals surface area contributed by atoms with Crippen molar-refractivity contribution >= 4 is 28.4 Å². The van der Waals surface area contributed by atoms with E-state index in [4.69, 9.17) is 5.73 Å². The molecule has 2 N–H and O–H groups in total. The van der Waals surface area contributed by atoms with Crippen molar-refractivity contribution in [2.45, 2.75) is 10.1 Å². The van der Waals surface area contributed by atoms with Gasteiger partial charge in [-0.05, 0) is 17.8 Å². The van der Waals surface area contributed by atoms with Crippen LogP contribution in [0.25, 0.3) is 10.9 Å². The summed E-state index contributed by atoms with van der Waals surface area (Å²) < 4.78 is 1.70. The van der Waals surface area contributed by atoms with Gasteiger partial charge in [-0.3, -0.25) is 4.68 Å². The summed E-state index contributed by atoms with van der Waals surface area (Å²) in [4.78, 5) is 8.53. The molecule has 0 aliphatic rings. The fourth-order valence-electron chi connectivity index (χ4n) is 1.72. The quantitative estimate of drug-likeness (QED) is 0.712. The number of hydrogen-bond donors (Lipinski definition) is 1. The highest BCUT2D eigenvalue weighted by Gasteiger charge is 2.10. The molecule has 0 atom stereocenters. The van der Waals surface area contributed by atoms with Gasteiger partial charge in [0.2, 0.25) is 0 Å². The van der Waals surface area contributed by atoms with E-state index in [1.54, 1.807) is 17.2 Å². The van der Waals surface area contributed by atoms with Crippen LogP contribution in [0.4, 0.5) is 5.69 Å². The van der Waals surface area contributed by atoms with E-state index < -0.39 is 0 Å². The number of aromatic nitrogens is 4. The van der Waals surface area contributed by atoms with Gasteiger partial charge in [0.1, 0.15) is 16.4 Å². The molecule has 0 spiro atoms. The van der Waals surface area contributed by atoms with Crippen molar-refractivity contribution in [1.29, 1.82) is 0 Å². The van der Waals surface area contributed by atoms with Gasteiger partial charge in [0, 0.05) is 18.6 Å². The summed E-state index contributed by atoms with van der Waals surface area (Å²) in [5, 5.41) is 6.95. The van der Waals surface area contributed by atoms with E-state index in [1.807, 2.05) is 31.3 Å². The summed E-state index contributed by atoms with van der Waals surface area (Å²) in [6.07, 6.45) is 3.34. The van der Waals surface area contributed by atoms with Gasteiger partial charge in [-0.25, -0.2) is 9.97 Å². The molecule has 0 saturated carbocycles. The number of fused-ring (bicyclic) bond motifs is 1. The predicted molar refractivity (Wildman–Crippen MR) is 71.3 cm³/mol. The van der Waals surface area contributed by atoms with Gasteiger partial charge in [0.05, 0.1) is 11.2 Å². The minimum atomic E-state index is 0.658. The molecular formula is C12H11N5S. The zero-order valence-corrected chi connectivity index (χ0v) is 10.6. The first-order valence-electron chi connectivity index (χ1n) is 5.41. The van der Waals surface area contributed by atoms with Crippen LogP contribution in [0.5, 0.6) is 0 Å². The molecule has 5 nitrogen and oxygen atoms in total. The number of anilines is 1. The Hall–Kier alpha value is -2.08. The van der Waals surface area contributed by atoms with Crippen molar-refractivity contribution in [2.24, 2.45) is 7.05 Å². The van der Waals surface area contributed by atoms with Crippen molar-refractivity contribution in [3.63, 3.8) is 0 Å². The Morgan fingerprint density at radius 1 is 1.17 bits per heavy atom. The third kappa shape index (κ3) is 1.91. The molecule has 0 amide bonds. The number of nitrogen functional groups attached to an aromatic ring is 1. The molecule has 0 fully saturated rings. The van der Waals surface area contributed by atoms with E-state index in [-0.39, 0.29) is 0 Å². The Kier molecular flexibility index (Phi) is 2.64. The summed E-state index contributed by atoms with van der Waals surface area (Å²) in [6, 6.07) is 7.89. The van der Waals surface area contributed by atoms with Gasteiger partial charge in [0.15, 0.2) is 0 Å². The lowest BCUT2D eigenvalue weighted by atomic mass is 10.2. The molecule has 6 heteroatoms. The average Bonchev–Trinajstić information content (AvgIpc) is 2.68. The minimum Gasteiger partial charge on any atom is -0.395 e. The Labute approximate surface area is 108 Å². The second kappa shape index (κ2) is 4.30. The van der Waals surface area contributed by atoms with Crippen molar-refractivity contribution in [1.82, 2.24) is 19.7 Å². The van der Waals surface area contributed by atoms with Gasteiger partial charge in [-0.2, -0.15) is 5.10 Å². The Bertz CT molecular complexity index is 701. The highest BCUT2D eigenvalue weighted by Crippen LogP contribution is 2.32. The van der Waals surface area contributed by atoms with Crippen LogP contribution in [0, 0.1) is 0 Å². The van der Waals surface area contributed by atoms with Gasteiger partial charge in [-0.1, -0.05) is 18.2 Å². The third-order valence-electron chi connectivity index (χ3n) is 2.52. The molecule has 3 rings (SSSR count). The fraction of sp³-hybridized carbons (Fsp3) is 0.0833. The second-order valence-electron chi connectivity index (χ2n) is 3.86. The average molecular weight is 257 g/mol. The highest BCUT2D eigenvalue weighted by molar-refractivity contribution is 7.99. The van der Waals surface area contributed by atoms with Crippen molar-refractivity contribution < 1.29 is 0 Å². The lowest BCUT2D eigenvalue weighted by molar-refractivity contribution is 0.738. The van der Waals surface area contributed by atoms with E-state index in [0.29, 0.717) is 5.69 Å². The van der Waals surface area contributed by atoms with Gasteiger partial charge >= 0.3 is 0 Å². The molecule has 0 aliphatic heterocycles. The number of nitrogens with zero attached hydrogens (tertiary/aromatic N) is 4. The van der Waals surface area contributed by atoms with Crippen LogP contribution in [0.15, 0.2) is 46.8 Å². The summed E-state index contributed by atoms with van der Waals surface area (Å²) in [5.74, 6) is 0.